The molecule has 4 heterocycles. The zero-order valence-corrected chi connectivity index (χ0v) is 31.3. The van der Waals surface area contributed by atoms with Gasteiger partial charge in [-0.2, -0.15) is 0 Å². The molecule has 56 heavy (non-hydrogen) atoms. The van der Waals surface area contributed by atoms with Gasteiger partial charge in [0.05, 0.1) is 28.1 Å². The Morgan fingerprint density at radius 1 is 0.679 bits per heavy atom. The van der Waals surface area contributed by atoms with Crippen LogP contribution >= 0.6 is 0 Å². The molecule has 0 saturated carbocycles. The van der Waals surface area contributed by atoms with Crippen LogP contribution in [0.2, 0.25) is 0 Å². The van der Waals surface area contributed by atoms with E-state index in [-0.39, 0.29) is 5.41 Å². The molecule has 4 aromatic heterocycles. The minimum absolute atomic E-state index is 0.275. The van der Waals surface area contributed by atoms with Crippen LogP contribution in [0.3, 0.4) is 0 Å². The van der Waals surface area contributed by atoms with Crippen LogP contribution in [-0.4, -0.2) is 19.5 Å². The predicted molar refractivity (Wildman–Crippen MR) is 229 cm³/mol. The molecule has 5 nitrogen and oxygen atoms in total. The van der Waals surface area contributed by atoms with E-state index in [0.717, 1.165) is 79.9 Å². The van der Waals surface area contributed by atoms with E-state index in [2.05, 4.69) is 170 Å². The van der Waals surface area contributed by atoms with Gasteiger partial charge < -0.3 is 4.42 Å². The van der Waals surface area contributed by atoms with Gasteiger partial charge in [0.1, 0.15) is 11.3 Å². The summed E-state index contributed by atoms with van der Waals surface area (Å²) in [4.78, 5) is 15.4. The monoisotopic (exact) mass is 722 g/mol. The van der Waals surface area contributed by atoms with E-state index in [4.69, 9.17) is 19.4 Å². The number of para-hydroxylation sites is 3. The summed E-state index contributed by atoms with van der Waals surface area (Å²) < 4.78 is 8.91. The molecule has 0 saturated heterocycles. The molecular weight excluding hydrogens is 685 g/mol. The molecule has 0 radical (unpaired) electrons. The van der Waals surface area contributed by atoms with Gasteiger partial charge in [0.25, 0.3) is 0 Å². The summed E-state index contributed by atoms with van der Waals surface area (Å²) >= 11 is 0. The van der Waals surface area contributed by atoms with Crippen molar-refractivity contribution in [2.75, 3.05) is 0 Å². The van der Waals surface area contributed by atoms with E-state index in [1.165, 1.54) is 27.5 Å². The SMILES string of the molecule is CC1CC=Cc2oc3c(C4(C)C=Cc5c(c6ccccc6n5-c5nc(-c6ccc(-c7ccc(-c8ccccc8)cn7)cc6)c6ccccc6n5)C4)cccc3c21. The Labute approximate surface area is 325 Å². The first-order valence-corrected chi connectivity index (χ1v) is 19.5. The molecule has 2 unspecified atom stereocenters. The average molecular weight is 723 g/mol. The van der Waals surface area contributed by atoms with Gasteiger partial charge in [-0.15, -0.1) is 0 Å². The largest absolute Gasteiger partial charge is 0.456 e. The van der Waals surface area contributed by atoms with Gasteiger partial charge in [0.15, 0.2) is 0 Å². The van der Waals surface area contributed by atoms with Gasteiger partial charge >= 0.3 is 0 Å². The molecule has 0 amide bonds. The van der Waals surface area contributed by atoms with Crippen molar-refractivity contribution in [2.24, 2.45) is 0 Å². The number of allylic oxidation sites excluding steroid dienone is 2. The molecule has 2 aliphatic rings. The fourth-order valence-electron chi connectivity index (χ4n) is 9.06. The number of furan rings is 1. The number of benzene rings is 5. The highest BCUT2D eigenvalue weighted by Gasteiger charge is 2.35. The smallest absolute Gasteiger partial charge is 0.235 e. The van der Waals surface area contributed by atoms with Crippen molar-refractivity contribution in [3.63, 3.8) is 0 Å². The van der Waals surface area contributed by atoms with Crippen LogP contribution in [0.1, 0.15) is 54.3 Å². The summed E-state index contributed by atoms with van der Waals surface area (Å²) in [5.74, 6) is 2.10. The first-order valence-electron chi connectivity index (χ1n) is 19.5. The van der Waals surface area contributed by atoms with Gasteiger partial charge in [0.2, 0.25) is 5.95 Å². The van der Waals surface area contributed by atoms with Gasteiger partial charge in [0, 0.05) is 55.6 Å². The summed E-state index contributed by atoms with van der Waals surface area (Å²) in [7, 11) is 0. The third kappa shape index (κ3) is 5.11. The number of hydrogen-bond acceptors (Lipinski definition) is 4. The van der Waals surface area contributed by atoms with E-state index in [1.54, 1.807) is 0 Å². The summed E-state index contributed by atoms with van der Waals surface area (Å²) in [6, 6.07) is 46.8. The van der Waals surface area contributed by atoms with E-state index < -0.39 is 0 Å². The van der Waals surface area contributed by atoms with Crippen molar-refractivity contribution in [3.05, 3.63) is 180 Å². The van der Waals surface area contributed by atoms with Crippen molar-refractivity contribution in [3.8, 4) is 39.6 Å². The van der Waals surface area contributed by atoms with Crippen LogP contribution in [0.15, 0.2) is 156 Å². The number of fused-ring (bicyclic) bond motifs is 7. The Morgan fingerprint density at radius 2 is 1.43 bits per heavy atom. The topological polar surface area (TPSA) is 56.7 Å². The second-order valence-electron chi connectivity index (χ2n) is 15.5. The Kier molecular flexibility index (Phi) is 7.33. The molecule has 268 valence electrons. The lowest BCUT2D eigenvalue weighted by Gasteiger charge is -2.30. The van der Waals surface area contributed by atoms with E-state index >= 15 is 0 Å². The molecule has 0 fully saturated rings. The second kappa shape index (κ2) is 12.6. The Bertz CT molecular complexity index is 3040. The zero-order chi connectivity index (χ0) is 37.4. The van der Waals surface area contributed by atoms with Crippen molar-refractivity contribution in [2.45, 2.75) is 38.0 Å². The predicted octanol–water partition coefficient (Wildman–Crippen LogP) is 12.8. The standard InChI is InChI=1S/C51H38N4O/c1-32-12-10-21-46-47(32)39-17-11-18-41(49(39)56-46)51(2)29-28-45-40(30-51)37-15-7-9-20-44(37)55(45)50-53-43-19-8-6-16-38(43)48(54-50)35-24-22-34(23-25-35)42-27-26-36(31-52-42)33-13-4-3-5-14-33/h3-11,13-29,31-32H,12,30H2,1-2H3. The lowest BCUT2D eigenvalue weighted by molar-refractivity contribution is 0.549. The maximum Gasteiger partial charge on any atom is 0.235 e. The number of aromatic nitrogens is 4. The Hall–Kier alpha value is -6.85. The molecule has 0 N–H and O–H groups in total. The van der Waals surface area contributed by atoms with Gasteiger partial charge in [-0.25, -0.2) is 9.97 Å². The number of pyridine rings is 1. The normalized spacial score (nSPS) is 17.4. The second-order valence-corrected chi connectivity index (χ2v) is 15.5. The molecule has 9 aromatic rings. The maximum atomic E-state index is 6.66. The van der Waals surface area contributed by atoms with E-state index in [0.29, 0.717) is 11.9 Å². The summed E-state index contributed by atoms with van der Waals surface area (Å²) in [6.07, 6.45) is 12.8. The van der Waals surface area contributed by atoms with Crippen molar-refractivity contribution >= 4 is 44.9 Å². The first-order chi connectivity index (χ1) is 27.5. The maximum absolute atomic E-state index is 6.66. The van der Waals surface area contributed by atoms with Crippen molar-refractivity contribution in [1.29, 1.82) is 0 Å². The van der Waals surface area contributed by atoms with Gasteiger partial charge in [-0.1, -0.05) is 141 Å². The minimum Gasteiger partial charge on any atom is -0.456 e. The lowest BCUT2D eigenvalue weighted by Crippen LogP contribution is -2.25. The zero-order valence-electron chi connectivity index (χ0n) is 31.3. The number of rotatable bonds is 5. The highest BCUT2D eigenvalue weighted by Crippen LogP contribution is 2.46. The molecule has 0 aliphatic heterocycles. The van der Waals surface area contributed by atoms with Crippen molar-refractivity contribution in [1.82, 2.24) is 19.5 Å². The highest BCUT2D eigenvalue weighted by molar-refractivity contribution is 5.96. The third-order valence-corrected chi connectivity index (χ3v) is 11.9. The van der Waals surface area contributed by atoms with E-state index in [1.807, 2.05) is 12.3 Å². The molecule has 5 aromatic carbocycles. The molecule has 5 heteroatoms. The Morgan fingerprint density at radius 3 is 2.27 bits per heavy atom. The van der Waals surface area contributed by atoms with Gasteiger partial charge in [-0.05, 0) is 60.2 Å². The third-order valence-electron chi connectivity index (χ3n) is 11.9. The summed E-state index contributed by atoms with van der Waals surface area (Å²) in [5, 5.41) is 3.47. The van der Waals surface area contributed by atoms with Crippen LogP contribution in [0.5, 0.6) is 0 Å². The van der Waals surface area contributed by atoms with Crippen LogP contribution < -0.4 is 0 Å². The quantitative estimate of drug-likeness (QED) is 0.177. The molecular formula is C51H38N4O. The molecule has 0 spiro atoms. The van der Waals surface area contributed by atoms with Crippen LogP contribution in [0.25, 0.3) is 84.5 Å². The van der Waals surface area contributed by atoms with Crippen molar-refractivity contribution < 1.29 is 4.42 Å². The van der Waals surface area contributed by atoms with Crippen LogP contribution in [0, 0.1) is 0 Å². The molecule has 2 atom stereocenters. The number of nitrogens with zero attached hydrogens (tertiary/aromatic N) is 4. The fourth-order valence-corrected chi connectivity index (χ4v) is 9.06. The Balaban J connectivity index is 1.00. The minimum atomic E-state index is -0.275. The summed E-state index contributed by atoms with van der Waals surface area (Å²) in [6.45, 7) is 4.64. The lowest BCUT2D eigenvalue weighted by atomic mass is 9.73. The highest BCUT2D eigenvalue weighted by atomic mass is 16.3. The van der Waals surface area contributed by atoms with Crippen LogP contribution in [0.4, 0.5) is 0 Å². The van der Waals surface area contributed by atoms with Crippen LogP contribution in [-0.2, 0) is 11.8 Å². The molecule has 11 rings (SSSR count). The fraction of sp³-hybridized carbons (Fsp3) is 0.118. The average Bonchev–Trinajstić information content (AvgIpc) is 3.80. The summed E-state index contributed by atoms with van der Waals surface area (Å²) in [5.41, 5.74) is 13.9. The van der Waals surface area contributed by atoms with E-state index in [9.17, 15) is 0 Å². The molecule has 2 aliphatic carbocycles. The number of hydrogen-bond donors (Lipinski definition) is 0. The van der Waals surface area contributed by atoms with Gasteiger partial charge in [-0.3, -0.25) is 9.55 Å². The first kappa shape index (κ1) is 32.6. The molecule has 0 bridgehead atoms.